The van der Waals surface area contributed by atoms with Crippen LogP contribution in [0.15, 0.2) is 71.7 Å². The standard InChI is InChI=1S/C27H30N4O2/c1-4-30(5-2)15-16-31-14-13-21-18-22(9-12-25(21)31)28-26(32)23-10-11-24(29-27(23)33)20-8-6-7-19(3)17-20/h6-14,17-18H,4-5,15-16H2,1-3H3,(H,28,32)(H,29,33). The molecule has 0 radical (unpaired) electrons. The van der Waals surface area contributed by atoms with Crippen LogP contribution in [0.4, 0.5) is 5.69 Å². The van der Waals surface area contributed by atoms with Crippen molar-refractivity contribution in [3.63, 3.8) is 0 Å². The number of fused-ring (bicyclic) bond motifs is 1. The zero-order valence-corrected chi connectivity index (χ0v) is 19.4. The van der Waals surface area contributed by atoms with Crippen LogP contribution < -0.4 is 10.9 Å². The molecule has 0 spiro atoms. The molecule has 2 heterocycles. The van der Waals surface area contributed by atoms with Gasteiger partial charge in [0.1, 0.15) is 5.56 Å². The van der Waals surface area contributed by atoms with E-state index in [0.29, 0.717) is 11.4 Å². The number of likely N-dealkylation sites (N-methyl/N-ethyl adjacent to an activating group) is 1. The van der Waals surface area contributed by atoms with Crippen molar-refractivity contribution in [1.29, 1.82) is 0 Å². The molecule has 0 atom stereocenters. The quantitative estimate of drug-likeness (QED) is 0.408. The van der Waals surface area contributed by atoms with Crippen molar-refractivity contribution in [2.24, 2.45) is 0 Å². The van der Waals surface area contributed by atoms with Gasteiger partial charge in [0.2, 0.25) is 0 Å². The van der Waals surface area contributed by atoms with Crippen LogP contribution in [0.25, 0.3) is 22.2 Å². The molecule has 0 bridgehead atoms. The maximum absolute atomic E-state index is 12.8. The number of aryl methyl sites for hydroxylation is 1. The third kappa shape index (κ3) is 5.07. The van der Waals surface area contributed by atoms with Gasteiger partial charge in [-0.3, -0.25) is 9.59 Å². The van der Waals surface area contributed by atoms with Gasteiger partial charge < -0.3 is 19.8 Å². The number of benzene rings is 2. The summed E-state index contributed by atoms with van der Waals surface area (Å²) < 4.78 is 2.23. The molecular formula is C27H30N4O2. The lowest BCUT2D eigenvalue weighted by atomic mass is 10.1. The number of carbonyl (C=O) groups excluding carboxylic acids is 1. The fraction of sp³-hybridized carbons (Fsp3) is 0.259. The molecule has 170 valence electrons. The first kappa shape index (κ1) is 22.6. The number of nitrogens with one attached hydrogen (secondary N) is 2. The van der Waals surface area contributed by atoms with Crippen molar-refractivity contribution in [2.45, 2.75) is 27.3 Å². The minimum atomic E-state index is -0.424. The van der Waals surface area contributed by atoms with E-state index in [1.165, 1.54) is 0 Å². The molecule has 0 saturated heterocycles. The van der Waals surface area contributed by atoms with Gasteiger partial charge in [-0.1, -0.05) is 37.6 Å². The fourth-order valence-electron chi connectivity index (χ4n) is 4.09. The zero-order chi connectivity index (χ0) is 23.4. The van der Waals surface area contributed by atoms with Crippen LogP contribution in [0, 0.1) is 6.92 Å². The SMILES string of the molecule is CCN(CC)CCn1ccc2cc(NC(=O)c3ccc(-c4cccc(C)c4)[nH]c3=O)ccc21. The summed E-state index contributed by atoms with van der Waals surface area (Å²) in [6, 6.07) is 19.1. The number of aromatic nitrogens is 2. The van der Waals surface area contributed by atoms with Crippen LogP contribution in [0.3, 0.4) is 0 Å². The molecule has 2 aromatic carbocycles. The van der Waals surface area contributed by atoms with Crippen molar-refractivity contribution in [1.82, 2.24) is 14.5 Å². The topological polar surface area (TPSA) is 70.1 Å². The van der Waals surface area contributed by atoms with Crippen molar-refractivity contribution in [2.75, 3.05) is 25.0 Å². The molecule has 2 aromatic heterocycles. The Balaban J connectivity index is 1.49. The van der Waals surface area contributed by atoms with Crippen molar-refractivity contribution in [3.05, 3.63) is 88.3 Å². The van der Waals surface area contributed by atoms with Gasteiger partial charge in [0.15, 0.2) is 0 Å². The first-order valence-electron chi connectivity index (χ1n) is 11.4. The number of hydrogen-bond acceptors (Lipinski definition) is 3. The zero-order valence-electron chi connectivity index (χ0n) is 19.4. The Hall–Kier alpha value is -3.64. The summed E-state index contributed by atoms with van der Waals surface area (Å²) in [6.45, 7) is 10.3. The van der Waals surface area contributed by atoms with Crippen LogP contribution in [0.1, 0.15) is 29.8 Å². The first-order chi connectivity index (χ1) is 16.0. The summed E-state index contributed by atoms with van der Waals surface area (Å²) in [6.07, 6.45) is 2.08. The lowest BCUT2D eigenvalue weighted by Gasteiger charge is -2.18. The lowest BCUT2D eigenvalue weighted by Crippen LogP contribution is -2.26. The number of carbonyl (C=O) groups is 1. The number of aromatic amines is 1. The highest BCUT2D eigenvalue weighted by Crippen LogP contribution is 2.22. The van der Waals surface area contributed by atoms with Gasteiger partial charge in [-0.2, -0.15) is 0 Å². The molecule has 2 N–H and O–H groups in total. The van der Waals surface area contributed by atoms with Crippen LogP contribution >= 0.6 is 0 Å². The smallest absolute Gasteiger partial charge is 0.261 e. The van der Waals surface area contributed by atoms with E-state index in [4.69, 9.17) is 0 Å². The summed E-state index contributed by atoms with van der Waals surface area (Å²) in [7, 11) is 0. The van der Waals surface area contributed by atoms with E-state index < -0.39 is 11.5 Å². The van der Waals surface area contributed by atoms with E-state index in [-0.39, 0.29) is 5.56 Å². The maximum Gasteiger partial charge on any atom is 0.261 e. The molecular weight excluding hydrogens is 412 g/mol. The Morgan fingerprint density at radius 3 is 2.58 bits per heavy atom. The van der Waals surface area contributed by atoms with E-state index in [2.05, 4.69) is 45.9 Å². The second kappa shape index (κ2) is 9.88. The van der Waals surface area contributed by atoms with E-state index in [0.717, 1.165) is 48.2 Å². The number of amides is 1. The minimum absolute atomic E-state index is 0.0864. The Labute approximate surface area is 193 Å². The Bertz CT molecular complexity index is 1330. The fourth-order valence-corrected chi connectivity index (χ4v) is 4.09. The molecule has 0 aliphatic heterocycles. The van der Waals surface area contributed by atoms with Gasteiger partial charge in [-0.25, -0.2) is 0 Å². The summed E-state index contributed by atoms with van der Waals surface area (Å²) in [5.74, 6) is -0.424. The number of pyridine rings is 1. The summed E-state index contributed by atoms with van der Waals surface area (Å²) in [4.78, 5) is 30.6. The van der Waals surface area contributed by atoms with Gasteiger partial charge in [0.25, 0.3) is 11.5 Å². The number of H-pyrrole nitrogens is 1. The summed E-state index contributed by atoms with van der Waals surface area (Å²) in [5, 5.41) is 3.91. The average molecular weight is 443 g/mol. The Kier molecular flexibility index (Phi) is 6.75. The lowest BCUT2D eigenvalue weighted by molar-refractivity contribution is 0.102. The summed E-state index contributed by atoms with van der Waals surface area (Å²) >= 11 is 0. The van der Waals surface area contributed by atoms with Gasteiger partial charge >= 0.3 is 0 Å². The Morgan fingerprint density at radius 1 is 1.03 bits per heavy atom. The van der Waals surface area contributed by atoms with Gasteiger partial charge in [-0.05, 0) is 68.0 Å². The molecule has 0 fully saturated rings. The highest BCUT2D eigenvalue weighted by molar-refractivity contribution is 6.05. The largest absolute Gasteiger partial charge is 0.346 e. The molecule has 33 heavy (non-hydrogen) atoms. The molecule has 6 nitrogen and oxygen atoms in total. The molecule has 0 unspecified atom stereocenters. The van der Waals surface area contributed by atoms with Crippen LogP contribution in [0.5, 0.6) is 0 Å². The van der Waals surface area contributed by atoms with Gasteiger partial charge in [0.05, 0.1) is 0 Å². The van der Waals surface area contributed by atoms with E-state index >= 15 is 0 Å². The number of nitrogens with zero attached hydrogens (tertiary/aromatic N) is 2. The maximum atomic E-state index is 12.8. The molecule has 0 saturated carbocycles. The molecule has 6 heteroatoms. The predicted molar refractivity (Wildman–Crippen MR) is 135 cm³/mol. The van der Waals surface area contributed by atoms with Crippen molar-refractivity contribution in [3.8, 4) is 11.3 Å². The van der Waals surface area contributed by atoms with E-state index in [9.17, 15) is 9.59 Å². The molecule has 1 amide bonds. The monoisotopic (exact) mass is 442 g/mol. The third-order valence-corrected chi connectivity index (χ3v) is 6.06. The van der Waals surface area contributed by atoms with Gasteiger partial charge in [0, 0.05) is 41.6 Å². The summed E-state index contributed by atoms with van der Waals surface area (Å²) in [5.41, 5.74) is 4.17. The second-order valence-corrected chi connectivity index (χ2v) is 8.25. The third-order valence-electron chi connectivity index (χ3n) is 6.06. The molecule has 4 rings (SSSR count). The number of hydrogen-bond donors (Lipinski definition) is 2. The van der Waals surface area contributed by atoms with Crippen LogP contribution in [-0.4, -0.2) is 40.0 Å². The van der Waals surface area contributed by atoms with Crippen molar-refractivity contribution >= 4 is 22.5 Å². The van der Waals surface area contributed by atoms with Crippen LogP contribution in [-0.2, 0) is 6.54 Å². The van der Waals surface area contributed by atoms with E-state index in [1.54, 1.807) is 12.1 Å². The molecule has 0 aliphatic carbocycles. The second-order valence-electron chi connectivity index (χ2n) is 8.25. The van der Waals surface area contributed by atoms with Gasteiger partial charge in [-0.15, -0.1) is 0 Å². The first-order valence-corrected chi connectivity index (χ1v) is 11.4. The predicted octanol–water partition coefficient (Wildman–Crippen LogP) is 4.90. The van der Waals surface area contributed by atoms with Crippen molar-refractivity contribution < 1.29 is 4.79 Å². The number of rotatable bonds is 8. The Morgan fingerprint density at radius 2 is 1.85 bits per heavy atom. The number of anilines is 1. The highest BCUT2D eigenvalue weighted by atomic mass is 16.2. The molecule has 4 aromatic rings. The highest BCUT2D eigenvalue weighted by Gasteiger charge is 2.13. The normalized spacial score (nSPS) is 11.3. The average Bonchev–Trinajstić information content (AvgIpc) is 3.22. The minimum Gasteiger partial charge on any atom is -0.346 e. The van der Waals surface area contributed by atoms with E-state index in [1.807, 2.05) is 49.4 Å². The molecule has 0 aliphatic rings. The van der Waals surface area contributed by atoms with Crippen LogP contribution in [0.2, 0.25) is 0 Å².